The fourth-order valence-corrected chi connectivity index (χ4v) is 7.55. The summed E-state index contributed by atoms with van der Waals surface area (Å²) in [6, 6.07) is 66.2. The monoisotopic (exact) mass is 661 g/mol. The molecule has 0 spiro atoms. The summed E-state index contributed by atoms with van der Waals surface area (Å²) in [7, 11) is 0. The van der Waals surface area contributed by atoms with E-state index in [9.17, 15) is 0 Å². The first-order valence-electron chi connectivity index (χ1n) is 17.6. The van der Waals surface area contributed by atoms with Gasteiger partial charge in [0.05, 0.1) is 22.4 Å². The molecule has 8 aromatic carbocycles. The van der Waals surface area contributed by atoms with Crippen molar-refractivity contribution in [3.63, 3.8) is 0 Å². The Morgan fingerprint density at radius 3 is 1.69 bits per heavy atom. The molecule has 0 fully saturated rings. The van der Waals surface area contributed by atoms with Crippen LogP contribution in [0.3, 0.4) is 0 Å². The maximum absolute atomic E-state index is 5.54. The van der Waals surface area contributed by atoms with Crippen molar-refractivity contribution in [2.75, 3.05) is 0 Å². The highest BCUT2D eigenvalue weighted by atomic mass is 14.9. The summed E-state index contributed by atoms with van der Waals surface area (Å²) < 4.78 is 0. The molecule has 52 heavy (non-hydrogen) atoms. The normalized spacial score (nSPS) is 11.5. The average Bonchev–Trinajstić information content (AvgIpc) is 3.23. The minimum absolute atomic E-state index is 0.719. The molecule has 2 heterocycles. The summed E-state index contributed by atoms with van der Waals surface area (Å²) in [4.78, 5) is 15.6. The Balaban J connectivity index is 1.18. The van der Waals surface area contributed by atoms with Crippen molar-refractivity contribution in [3.8, 4) is 56.2 Å². The number of para-hydroxylation sites is 2. The summed E-state index contributed by atoms with van der Waals surface area (Å²) in [5, 5.41) is 6.96. The first kappa shape index (κ1) is 29.9. The van der Waals surface area contributed by atoms with Crippen LogP contribution >= 0.6 is 0 Å². The highest BCUT2D eigenvalue weighted by Crippen LogP contribution is 2.41. The first-order chi connectivity index (χ1) is 25.8. The number of nitrogens with zero attached hydrogens (tertiary/aromatic N) is 3. The lowest BCUT2D eigenvalue weighted by Gasteiger charge is -2.16. The fraction of sp³-hybridized carbons (Fsp3) is 0. The van der Waals surface area contributed by atoms with Gasteiger partial charge in [-0.2, -0.15) is 0 Å². The Morgan fingerprint density at radius 1 is 0.308 bits per heavy atom. The van der Waals surface area contributed by atoms with E-state index in [0.29, 0.717) is 0 Å². The van der Waals surface area contributed by atoms with Crippen molar-refractivity contribution >= 4 is 43.4 Å². The SMILES string of the molecule is c1ccc(-c2cccc(-c3cccc4c3nc(-c3ccc(-c5nc(-c6ccccc6)nc6ccccc56)cc3)c3ccc5ccccc5c34)c2)cc1. The van der Waals surface area contributed by atoms with Crippen LogP contribution in [0.4, 0.5) is 0 Å². The van der Waals surface area contributed by atoms with Crippen LogP contribution in [0.25, 0.3) is 99.5 Å². The number of fused-ring (bicyclic) bond motifs is 6. The highest BCUT2D eigenvalue weighted by molar-refractivity contribution is 6.24. The molecule has 0 amide bonds. The second kappa shape index (κ2) is 12.4. The summed E-state index contributed by atoms with van der Waals surface area (Å²) in [6.45, 7) is 0. The van der Waals surface area contributed by atoms with Crippen LogP contribution < -0.4 is 0 Å². The van der Waals surface area contributed by atoms with E-state index in [0.717, 1.165) is 72.2 Å². The molecule has 10 rings (SSSR count). The van der Waals surface area contributed by atoms with Gasteiger partial charge in [0.25, 0.3) is 0 Å². The van der Waals surface area contributed by atoms with Crippen LogP contribution in [-0.2, 0) is 0 Å². The van der Waals surface area contributed by atoms with E-state index in [4.69, 9.17) is 15.0 Å². The second-order valence-corrected chi connectivity index (χ2v) is 13.2. The molecule has 0 radical (unpaired) electrons. The van der Waals surface area contributed by atoms with E-state index < -0.39 is 0 Å². The van der Waals surface area contributed by atoms with Crippen molar-refractivity contribution in [2.24, 2.45) is 0 Å². The van der Waals surface area contributed by atoms with Crippen molar-refractivity contribution in [2.45, 2.75) is 0 Å². The van der Waals surface area contributed by atoms with Gasteiger partial charge in [-0.3, -0.25) is 0 Å². The zero-order valence-electron chi connectivity index (χ0n) is 28.2. The lowest BCUT2D eigenvalue weighted by molar-refractivity contribution is 1.23. The van der Waals surface area contributed by atoms with Gasteiger partial charge in [-0.05, 0) is 39.6 Å². The lowest BCUT2D eigenvalue weighted by Crippen LogP contribution is -1.96. The molecule has 242 valence electrons. The third-order valence-corrected chi connectivity index (χ3v) is 10.1. The van der Waals surface area contributed by atoms with Gasteiger partial charge in [0, 0.05) is 43.8 Å². The first-order valence-corrected chi connectivity index (χ1v) is 17.6. The number of aromatic nitrogens is 3. The Bertz CT molecular complexity index is 2930. The standard InChI is InChI=1S/C49H31N3/c1-3-13-32(14-4-1)37-18-11-19-38(31-37)40-22-12-23-42-45-39-20-8-7-15-33(39)29-30-43(45)47(51-48(40)42)35-27-25-34(26-28-35)46-41-21-9-10-24-44(41)50-49(52-46)36-16-5-2-6-17-36/h1-31H. The molecule has 3 heteroatoms. The van der Waals surface area contributed by atoms with Crippen molar-refractivity contribution in [1.82, 2.24) is 15.0 Å². The molecule has 2 aromatic heterocycles. The maximum atomic E-state index is 5.54. The predicted octanol–water partition coefficient (Wildman–Crippen LogP) is 12.8. The maximum Gasteiger partial charge on any atom is 0.160 e. The van der Waals surface area contributed by atoms with Crippen LogP contribution in [0.1, 0.15) is 0 Å². The number of hydrogen-bond donors (Lipinski definition) is 0. The van der Waals surface area contributed by atoms with Gasteiger partial charge in [0.15, 0.2) is 5.82 Å². The quantitative estimate of drug-likeness (QED) is 0.172. The van der Waals surface area contributed by atoms with Crippen molar-refractivity contribution < 1.29 is 0 Å². The number of pyridine rings is 1. The molecule has 0 saturated heterocycles. The van der Waals surface area contributed by atoms with Crippen LogP contribution in [0.15, 0.2) is 188 Å². The average molecular weight is 662 g/mol. The third kappa shape index (κ3) is 5.10. The van der Waals surface area contributed by atoms with Gasteiger partial charge in [-0.25, -0.2) is 15.0 Å². The van der Waals surface area contributed by atoms with Gasteiger partial charge in [-0.15, -0.1) is 0 Å². The predicted molar refractivity (Wildman–Crippen MR) is 217 cm³/mol. The number of hydrogen-bond acceptors (Lipinski definition) is 3. The van der Waals surface area contributed by atoms with E-state index in [1.165, 1.54) is 27.3 Å². The van der Waals surface area contributed by atoms with Gasteiger partial charge in [0.1, 0.15) is 0 Å². The van der Waals surface area contributed by atoms with Gasteiger partial charge < -0.3 is 0 Å². The van der Waals surface area contributed by atoms with Crippen LogP contribution in [0.2, 0.25) is 0 Å². The Labute approximate surface area is 301 Å². The van der Waals surface area contributed by atoms with E-state index in [-0.39, 0.29) is 0 Å². The summed E-state index contributed by atoms with van der Waals surface area (Å²) in [6.07, 6.45) is 0. The van der Waals surface area contributed by atoms with Crippen molar-refractivity contribution in [3.05, 3.63) is 188 Å². The number of benzene rings is 8. The lowest BCUT2D eigenvalue weighted by atomic mass is 9.92. The zero-order chi connectivity index (χ0) is 34.4. The molecule has 0 saturated carbocycles. The molecule has 0 aliphatic rings. The molecular formula is C49H31N3. The largest absolute Gasteiger partial charge is 0.246 e. The molecular weight excluding hydrogens is 631 g/mol. The van der Waals surface area contributed by atoms with E-state index in [2.05, 4.69) is 158 Å². The summed E-state index contributed by atoms with van der Waals surface area (Å²) >= 11 is 0. The molecule has 0 aliphatic carbocycles. The minimum atomic E-state index is 0.719. The number of rotatable bonds is 5. The molecule has 0 N–H and O–H groups in total. The van der Waals surface area contributed by atoms with Gasteiger partial charge in [0.2, 0.25) is 0 Å². The second-order valence-electron chi connectivity index (χ2n) is 13.2. The molecule has 0 unspecified atom stereocenters. The summed E-state index contributed by atoms with van der Waals surface area (Å²) in [5.74, 6) is 0.719. The fourth-order valence-electron chi connectivity index (χ4n) is 7.55. The van der Waals surface area contributed by atoms with Crippen LogP contribution in [-0.4, -0.2) is 15.0 Å². The highest BCUT2D eigenvalue weighted by Gasteiger charge is 2.17. The van der Waals surface area contributed by atoms with Crippen LogP contribution in [0, 0.1) is 0 Å². The van der Waals surface area contributed by atoms with Gasteiger partial charge >= 0.3 is 0 Å². The molecule has 3 nitrogen and oxygen atoms in total. The molecule has 0 bridgehead atoms. The smallest absolute Gasteiger partial charge is 0.160 e. The molecule has 0 atom stereocenters. The van der Waals surface area contributed by atoms with E-state index in [1.54, 1.807) is 0 Å². The Morgan fingerprint density at radius 2 is 0.904 bits per heavy atom. The molecule has 10 aromatic rings. The Kier molecular flexibility index (Phi) is 7.14. The van der Waals surface area contributed by atoms with Crippen LogP contribution in [0.5, 0.6) is 0 Å². The third-order valence-electron chi connectivity index (χ3n) is 10.1. The van der Waals surface area contributed by atoms with E-state index in [1.807, 2.05) is 30.3 Å². The van der Waals surface area contributed by atoms with Crippen molar-refractivity contribution in [1.29, 1.82) is 0 Å². The van der Waals surface area contributed by atoms with E-state index >= 15 is 0 Å². The minimum Gasteiger partial charge on any atom is -0.246 e. The Hall–Kier alpha value is -6.97. The van der Waals surface area contributed by atoms with Gasteiger partial charge in [-0.1, -0.05) is 176 Å². The summed E-state index contributed by atoms with van der Waals surface area (Å²) in [5.41, 5.74) is 11.5. The molecule has 0 aliphatic heterocycles. The topological polar surface area (TPSA) is 38.7 Å². The zero-order valence-corrected chi connectivity index (χ0v) is 28.2.